The molecule has 0 aliphatic heterocycles. The van der Waals surface area contributed by atoms with Gasteiger partial charge in [0, 0.05) is 13.7 Å². The second-order valence-electron chi connectivity index (χ2n) is 5.77. The molecule has 0 spiro atoms. The molecular weight excluding hydrogens is 186 g/mol. The second-order valence-corrected chi connectivity index (χ2v) is 5.77. The van der Waals surface area contributed by atoms with Crippen molar-refractivity contribution in [1.82, 2.24) is 5.32 Å². The van der Waals surface area contributed by atoms with E-state index in [9.17, 15) is 0 Å². The molecule has 0 aromatic rings. The molecule has 0 aliphatic rings. The van der Waals surface area contributed by atoms with Gasteiger partial charge in [0.2, 0.25) is 0 Å². The molecule has 2 nitrogen and oxygen atoms in total. The SMILES string of the molecule is COCCC(C)CCCNCC(C)(C)C. The number of nitrogens with one attached hydrogen (secondary N) is 1. The van der Waals surface area contributed by atoms with Crippen LogP contribution in [0.4, 0.5) is 0 Å². The van der Waals surface area contributed by atoms with Crippen molar-refractivity contribution in [2.75, 3.05) is 26.8 Å². The lowest BCUT2D eigenvalue weighted by Crippen LogP contribution is -2.27. The molecule has 0 aromatic carbocycles. The zero-order valence-corrected chi connectivity index (χ0v) is 11.2. The average molecular weight is 215 g/mol. The molecule has 92 valence electrons. The predicted octanol–water partition coefficient (Wildman–Crippen LogP) is 3.07. The highest BCUT2D eigenvalue weighted by Gasteiger charge is 2.08. The van der Waals surface area contributed by atoms with Crippen molar-refractivity contribution < 1.29 is 4.74 Å². The first-order valence-electron chi connectivity index (χ1n) is 6.15. The van der Waals surface area contributed by atoms with Gasteiger partial charge in [-0.05, 0) is 43.7 Å². The number of rotatable bonds is 8. The van der Waals surface area contributed by atoms with E-state index in [1.165, 1.54) is 19.3 Å². The molecule has 0 rings (SSSR count). The first-order chi connectivity index (χ1) is 6.95. The monoisotopic (exact) mass is 215 g/mol. The fourth-order valence-electron chi connectivity index (χ4n) is 1.50. The maximum Gasteiger partial charge on any atom is 0.0464 e. The molecule has 0 bridgehead atoms. The lowest BCUT2D eigenvalue weighted by molar-refractivity contribution is 0.178. The fraction of sp³-hybridized carbons (Fsp3) is 1.00. The minimum Gasteiger partial charge on any atom is -0.385 e. The molecule has 1 unspecified atom stereocenters. The lowest BCUT2D eigenvalue weighted by Gasteiger charge is -2.19. The molecule has 0 amide bonds. The van der Waals surface area contributed by atoms with E-state index in [1.54, 1.807) is 7.11 Å². The zero-order chi connectivity index (χ0) is 11.7. The van der Waals surface area contributed by atoms with Crippen molar-refractivity contribution in [3.05, 3.63) is 0 Å². The number of ether oxygens (including phenoxy) is 1. The third kappa shape index (κ3) is 11.8. The van der Waals surface area contributed by atoms with Gasteiger partial charge in [0.15, 0.2) is 0 Å². The number of methoxy groups -OCH3 is 1. The van der Waals surface area contributed by atoms with E-state index in [0.29, 0.717) is 5.41 Å². The van der Waals surface area contributed by atoms with Crippen LogP contribution in [0, 0.1) is 11.3 Å². The molecule has 2 heteroatoms. The van der Waals surface area contributed by atoms with E-state index < -0.39 is 0 Å². The van der Waals surface area contributed by atoms with E-state index >= 15 is 0 Å². The molecule has 1 N–H and O–H groups in total. The Bertz CT molecular complexity index is 140. The third-order valence-corrected chi connectivity index (χ3v) is 2.52. The quantitative estimate of drug-likeness (QED) is 0.628. The number of hydrogen-bond donors (Lipinski definition) is 1. The molecule has 15 heavy (non-hydrogen) atoms. The van der Waals surface area contributed by atoms with E-state index in [-0.39, 0.29) is 0 Å². The molecule has 0 fully saturated rings. The third-order valence-electron chi connectivity index (χ3n) is 2.52. The van der Waals surface area contributed by atoms with Crippen LogP contribution in [0.1, 0.15) is 47.0 Å². The van der Waals surface area contributed by atoms with Gasteiger partial charge in [-0.1, -0.05) is 27.7 Å². The summed E-state index contributed by atoms with van der Waals surface area (Å²) in [6.45, 7) is 12.3. The summed E-state index contributed by atoms with van der Waals surface area (Å²) in [6.07, 6.45) is 3.78. The summed E-state index contributed by atoms with van der Waals surface area (Å²) in [6, 6.07) is 0. The Labute approximate surface area is 95.8 Å². The van der Waals surface area contributed by atoms with Gasteiger partial charge in [0.25, 0.3) is 0 Å². The molecule has 0 heterocycles. The van der Waals surface area contributed by atoms with Crippen LogP contribution in [0.2, 0.25) is 0 Å². The largest absolute Gasteiger partial charge is 0.385 e. The molecule has 0 saturated heterocycles. The van der Waals surface area contributed by atoms with Crippen LogP contribution in [-0.2, 0) is 4.74 Å². The van der Waals surface area contributed by atoms with Crippen molar-refractivity contribution in [2.24, 2.45) is 11.3 Å². The first kappa shape index (κ1) is 14.9. The van der Waals surface area contributed by atoms with Crippen molar-refractivity contribution in [3.63, 3.8) is 0 Å². The molecule has 0 aliphatic carbocycles. The molecule has 0 aromatic heterocycles. The predicted molar refractivity (Wildman–Crippen MR) is 67.2 cm³/mol. The van der Waals surface area contributed by atoms with Crippen molar-refractivity contribution in [1.29, 1.82) is 0 Å². The zero-order valence-electron chi connectivity index (χ0n) is 11.2. The van der Waals surface area contributed by atoms with Crippen LogP contribution in [0.3, 0.4) is 0 Å². The first-order valence-corrected chi connectivity index (χ1v) is 6.15. The van der Waals surface area contributed by atoms with Gasteiger partial charge in [-0.2, -0.15) is 0 Å². The Morgan fingerprint density at radius 1 is 1.20 bits per heavy atom. The Morgan fingerprint density at radius 3 is 2.40 bits per heavy atom. The molecule has 0 radical (unpaired) electrons. The van der Waals surface area contributed by atoms with Gasteiger partial charge >= 0.3 is 0 Å². The minimum absolute atomic E-state index is 0.404. The molecule has 0 saturated carbocycles. The topological polar surface area (TPSA) is 21.3 Å². The highest BCUT2D eigenvalue weighted by Crippen LogP contribution is 2.11. The lowest BCUT2D eigenvalue weighted by atomic mass is 9.97. The summed E-state index contributed by atoms with van der Waals surface area (Å²) in [5, 5.41) is 3.51. The van der Waals surface area contributed by atoms with Crippen LogP contribution in [0.5, 0.6) is 0 Å². The van der Waals surface area contributed by atoms with E-state index in [1.807, 2.05) is 0 Å². The highest BCUT2D eigenvalue weighted by atomic mass is 16.5. The van der Waals surface area contributed by atoms with Gasteiger partial charge in [-0.15, -0.1) is 0 Å². The van der Waals surface area contributed by atoms with Crippen molar-refractivity contribution in [2.45, 2.75) is 47.0 Å². The van der Waals surface area contributed by atoms with Gasteiger partial charge in [0.05, 0.1) is 0 Å². The summed E-state index contributed by atoms with van der Waals surface area (Å²) >= 11 is 0. The van der Waals surface area contributed by atoms with Crippen LogP contribution in [-0.4, -0.2) is 26.8 Å². The molecule has 1 atom stereocenters. The van der Waals surface area contributed by atoms with Gasteiger partial charge in [0.1, 0.15) is 0 Å². The summed E-state index contributed by atoms with van der Waals surface area (Å²) in [5.74, 6) is 0.793. The summed E-state index contributed by atoms with van der Waals surface area (Å²) in [7, 11) is 1.78. The fourth-order valence-corrected chi connectivity index (χ4v) is 1.50. The maximum absolute atomic E-state index is 5.07. The summed E-state index contributed by atoms with van der Waals surface area (Å²) in [4.78, 5) is 0. The highest BCUT2D eigenvalue weighted by molar-refractivity contribution is 4.65. The normalized spacial score (nSPS) is 14.2. The van der Waals surface area contributed by atoms with Gasteiger partial charge in [-0.3, -0.25) is 0 Å². The van der Waals surface area contributed by atoms with Crippen LogP contribution >= 0.6 is 0 Å². The van der Waals surface area contributed by atoms with Crippen LogP contribution < -0.4 is 5.32 Å². The second kappa shape index (κ2) is 8.12. The van der Waals surface area contributed by atoms with Crippen LogP contribution in [0.15, 0.2) is 0 Å². The Morgan fingerprint density at radius 2 is 1.87 bits per heavy atom. The Hall–Kier alpha value is -0.0800. The maximum atomic E-state index is 5.07. The smallest absolute Gasteiger partial charge is 0.0464 e. The molecular formula is C13H29NO. The minimum atomic E-state index is 0.404. The van der Waals surface area contributed by atoms with Gasteiger partial charge < -0.3 is 10.1 Å². The van der Waals surface area contributed by atoms with E-state index in [2.05, 4.69) is 33.0 Å². The van der Waals surface area contributed by atoms with Gasteiger partial charge in [-0.25, -0.2) is 0 Å². The summed E-state index contributed by atoms with van der Waals surface area (Å²) < 4.78 is 5.07. The Balaban J connectivity index is 3.23. The van der Waals surface area contributed by atoms with Crippen molar-refractivity contribution in [3.8, 4) is 0 Å². The van der Waals surface area contributed by atoms with Crippen molar-refractivity contribution >= 4 is 0 Å². The summed E-state index contributed by atoms with van der Waals surface area (Å²) in [5.41, 5.74) is 0.404. The number of hydrogen-bond acceptors (Lipinski definition) is 2. The van der Waals surface area contributed by atoms with Crippen LogP contribution in [0.25, 0.3) is 0 Å². The Kier molecular flexibility index (Phi) is 8.07. The van der Waals surface area contributed by atoms with E-state index in [0.717, 1.165) is 25.6 Å². The van der Waals surface area contributed by atoms with E-state index in [4.69, 9.17) is 4.74 Å². The average Bonchev–Trinajstić information content (AvgIpc) is 2.12. The standard InChI is InChI=1S/C13H29NO/c1-12(8-10-15-5)7-6-9-14-11-13(2,3)4/h12,14H,6-11H2,1-5H3.